The Kier molecular flexibility index (Phi) is 5.56. The molecule has 1 N–H and O–H groups in total. The van der Waals surface area contributed by atoms with Crippen LogP contribution in [0.25, 0.3) is 0 Å². The zero-order chi connectivity index (χ0) is 15.2. The normalized spacial score (nSPS) is 10.9. The smallest absolute Gasteiger partial charge is 0.137 e. The second-order valence-corrected chi connectivity index (χ2v) is 6.36. The Morgan fingerprint density at radius 1 is 1.33 bits per heavy atom. The lowest BCUT2D eigenvalue weighted by atomic mass is 10.1. The summed E-state index contributed by atoms with van der Waals surface area (Å²) in [5, 5.41) is 5.32. The van der Waals surface area contributed by atoms with Crippen molar-refractivity contribution < 1.29 is 0 Å². The molecular formula is C16H24N4S. The van der Waals surface area contributed by atoms with Crippen LogP contribution in [0.15, 0.2) is 23.8 Å². The standard InChI is InChI=1S/C16H24N4S/c1-5-7-14-15(17-4)18-11-19-16(14)20(12(2)3)10-13-8-6-9-21-13/h6,8-9,11-12H,5,7,10H2,1-4H3,(H,17,18,19). The van der Waals surface area contributed by atoms with Crippen LogP contribution < -0.4 is 10.2 Å². The first kappa shape index (κ1) is 15.8. The van der Waals surface area contributed by atoms with Gasteiger partial charge in [-0.3, -0.25) is 0 Å². The Morgan fingerprint density at radius 2 is 2.14 bits per heavy atom. The lowest BCUT2D eigenvalue weighted by Gasteiger charge is -2.29. The van der Waals surface area contributed by atoms with Crippen molar-refractivity contribution in [1.82, 2.24) is 9.97 Å². The molecule has 114 valence electrons. The summed E-state index contributed by atoms with van der Waals surface area (Å²) in [5.74, 6) is 2.00. The van der Waals surface area contributed by atoms with Crippen molar-refractivity contribution in [2.75, 3.05) is 17.3 Å². The van der Waals surface area contributed by atoms with Crippen molar-refractivity contribution in [2.45, 2.75) is 46.2 Å². The van der Waals surface area contributed by atoms with E-state index in [0.717, 1.165) is 31.0 Å². The Hall–Kier alpha value is -1.62. The molecule has 0 bridgehead atoms. The van der Waals surface area contributed by atoms with E-state index in [2.05, 4.69) is 58.5 Å². The van der Waals surface area contributed by atoms with Gasteiger partial charge in [-0.1, -0.05) is 19.4 Å². The molecule has 2 heterocycles. The van der Waals surface area contributed by atoms with E-state index in [1.165, 1.54) is 10.4 Å². The molecule has 2 rings (SSSR count). The van der Waals surface area contributed by atoms with Gasteiger partial charge in [0, 0.05) is 23.5 Å². The number of hydrogen-bond acceptors (Lipinski definition) is 5. The van der Waals surface area contributed by atoms with Crippen molar-refractivity contribution in [2.24, 2.45) is 0 Å². The van der Waals surface area contributed by atoms with Gasteiger partial charge in [0.1, 0.15) is 18.0 Å². The lowest BCUT2D eigenvalue weighted by molar-refractivity contribution is 0.669. The lowest BCUT2D eigenvalue weighted by Crippen LogP contribution is -2.32. The number of anilines is 2. The largest absolute Gasteiger partial charge is 0.373 e. The topological polar surface area (TPSA) is 41.1 Å². The summed E-state index contributed by atoms with van der Waals surface area (Å²) >= 11 is 1.79. The third kappa shape index (κ3) is 3.73. The van der Waals surface area contributed by atoms with Crippen LogP contribution in [0.5, 0.6) is 0 Å². The molecule has 2 aromatic rings. The van der Waals surface area contributed by atoms with Crippen molar-refractivity contribution in [3.63, 3.8) is 0 Å². The van der Waals surface area contributed by atoms with E-state index in [1.54, 1.807) is 17.7 Å². The minimum Gasteiger partial charge on any atom is -0.373 e. The molecule has 0 radical (unpaired) electrons. The molecule has 0 unspecified atom stereocenters. The van der Waals surface area contributed by atoms with Gasteiger partial charge in [0.25, 0.3) is 0 Å². The molecule has 4 nitrogen and oxygen atoms in total. The van der Waals surface area contributed by atoms with Crippen molar-refractivity contribution in [1.29, 1.82) is 0 Å². The monoisotopic (exact) mass is 304 g/mol. The first-order chi connectivity index (χ1) is 10.2. The highest BCUT2D eigenvalue weighted by molar-refractivity contribution is 7.09. The van der Waals surface area contributed by atoms with Crippen molar-refractivity contribution >= 4 is 23.0 Å². The number of rotatable bonds is 7. The Balaban J connectivity index is 2.39. The number of nitrogens with one attached hydrogen (secondary N) is 1. The average molecular weight is 304 g/mol. The molecule has 0 aliphatic heterocycles. The number of hydrogen-bond donors (Lipinski definition) is 1. The van der Waals surface area contributed by atoms with Crippen molar-refractivity contribution in [3.8, 4) is 0 Å². The van der Waals surface area contributed by atoms with E-state index in [-0.39, 0.29) is 0 Å². The quantitative estimate of drug-likeness (QED) is 0.841. The van der Waals surface area contributed by atoms with E-state index in [9.17, 15) is 0 Å². The molecule has 5 heteroatoms. The van der Waals surface area contributed by atoms with E-state index >= 15 is 0 Å². The van der Waals surface area contributed by atoms with Gasteiger partial charge in [-0.15, -0.1) is 11.3 Å². The molecule has 2 aromatic heterocycles. The molecular weight excluding hydrogens is 280 g/mol. The molecule has 0 fully saturated rings. The van der Waals surface area contributed by atoms with Gasteiger partial charge in [-0.05, 0) is 31.7 Å². The van der Waals surface area contributed by atoms with Crippen LogP contribution in [0.1, 0.15) is 37.6 Å². The summed E-state index contributed by atoms with van der Waals surface area (Å²) in [6.45, 7) is 7.51. The van der Waals surface area contributed by atoms with E-state index in [4.69, 9.17) is 0 Å². The van der Waals surface area contributed by atoms with Gasteiger partial charge in [-0.25, -0.2) is 9.97 Å². The maximum atomic E-state index is 4.59. The third-order valence-electron chi connectivity index (χ3n) is 3.46. The summed E-state index contributed by atoms with van der Waals surface area (Å²) < 4.78 is 0. The minimum absolute atomic E-state index is 0.391. The van der Waals surface area contributed by atoms with Crippen LogP contribution in [-0.4, -0.2) is 23.1 Å². The maximum Gasteiger partial charge on any atom is 0.137 e. The van der Waals surface area contributed by atoms with Crippen LogP contribution in [0.3, 0.4) is 0 Å². The Morgan fingerprint density at radius 3 is 2.71 bits per heavy atom. The van der Waals surface area contributed by atoms with Crippen LogP contribution in [-0.2, 0) is 13.0 Å². The van der Waals surface area contributed by atoms with E-state index in [1.807, 2.05) is 7.05 Å². The van der Waals surface area contributed by atoms with Gasteiger partial charge in [-0.2, -0.15) is 0 Å². The van der Waals surface area contributed by atoms with Gasteiger partial charge >= 0.3 is 0 Å². The molecule has 0 saturated heterocycles. The molecule has 0 aliphatic rings. The van der Waals surface area contributed by atoms with Crippen molar-refractivity contribution in [3.05, 3.63) is 34.3 Å². The van der Waals surface area contributed by atoms with E-state index < -0.39 is 0 Å². The highest BCUT2D eigenvalue weighted by atomic mass is 32.1. The molecule has 0 amide bonds. The molecule has 0 spiro atoms. The molecule has 21 heavy (non-hydrogen) atoms. The number of aromatic nitrogens is 2. The van der Waals surface area contributed by atoms with Crippen LogP contribution in [0, 0.1) is 0 Å². The third-order valence-corrected chi connectivity index (χ3v) is 4.32. The van der Waals surface area contributed by atoms with Crippen LogP contribution in [0.4, 0.5) is 11.6 Å². The average Bonchev–Trinajstić information content (AvgIpc) is 2.98. The van der Waals surface area contributed by atoms with E-state index in [0.29, 0.717) is 6.04 Å². The Labute approximate surface area is 131 Å². The fourth-order valence-electron chi connectivity index (χ4n) is 2.42. The molecule has 0 aliphatic carbocycles. The fourth-order valence-corrected chi connectivity index (χ4v) is 3.12. The number of thiophene rings is 1. The first-order valence-electron chi connectivity index (χ1n) is 7.48. The summed E-state index contributed by atoms with van der Waals surface area (Å²) in [5.41, 5.74) is 1.22. The van der Waals surface area contributed by atoms with Gasteiger partial charge in [0.2, 0.25) is 0 Å². The minimum atomic E-state index is 0.391. The van der Waals surface area contributed by atoms with Gasteiger partial charge in [0.15, 0.2) is 0 Å². The fraction of sp³-hybridized carbons (Fsp3) is 0.500. The Bertz CT molecular complexity index is 551. The van der Waals surface area contributed by atoms with Crippen LogP contribution in [0.2, 0.25) is 0 Å². The zero-order valence-corrected chi connectivity index (χ0v) is 14.1. The first-order valence-corrected chi connectivity index (χ1v) is 8.36. The van der Waals surface area contributed by atoms with Crippen LogP contribution >= 0.6 is 11.3 Å². The second-order valence-electron chi connectivity index (χ2n) is 5.33. The molecule has 0 aromatic carbocycles. The highest BCUT2D eigenvalue weighted by Gasteiger charge is 2.19. The van der Waals surface area contributed by atoms with Gasteiger partial charge in [0.05, 0.1) is 6.54 Å². The summed E-state index contributed by atoms with van der Waals surface area (Å²) in [4.78, 5) is 12.7. The SMILES string of the molecule is CCCc1c(NC)ncnc1N(Cc1cccs1)C(C)C. The zero-order valence-electron chi connectivity index (χ0n) is 13.3. The molecule has 0 atom stereocenters. The summed E-state index contributed by atoms with van der Waals surface area (Å²) in [7, 11) is 1.92. The second kappa shape index (κ2) is 7.41. The summed E-state index contributed by atoms with van der Waals surface area (Å²) in [6.07, 6.45) is 3.73. The predicted octanol–water partition coefficient (Wildman–Crippen LogP) is 3.95. The molecule has 0 saturated carbocycles. The maximum absolute atomic E-state index is 4.59. The summed E-state index contributed by atoms with van der Waals surface area (Å²) in [6, 6.07) is 4.67. The van der Waals surface area contributed by atoms with Gasteiger partial charge < -0.3 is 10.2 Å². The highest BCUT2D eigenvalue weighted by Crippen LogP contribution is 2.28. The number of nitrogens with zero attached hydrogens (tertiary/aromatic N) is 3. The predicted molar refractivity (Wildman–Crippen MR) is 91.2 cm³/mol.